The van der Waals surface area contributed by atoms with Crippen molar-refractivity contribution in [3.8, 4) is 17.2 Å². The molecule has 0 bridgehead atoms. The number of hydrogen-bond donors (Lipinski definition) is 1. The summed E-state index contributed by atoms with van der Waals surface area (Å²) in [5.41, 5.74) is 3.39. The third-order valence-corrected chi connectivity index (χ3v) is 4.50. The van der Waals surface area contributed by atoms with Crippen LogP contribution in [0.2, 0.25) is 0 Å². The summed E-state index contributed by atoms with van der Waals surface area (Å²) in [6.45, 7) is 0.175. The highest BCUT2D eigenvalue weighted by atomic mass is 16.2. The van der Waals surface area contributed by atoms with Crippen molar-refractivity contribution in [3.63, 3.8) is 0 Å². The van der Waals surface area contributed by atoms with E-state index in [0.29, 0.717) is 11.4 Å². The number of nitriles is 1. The number of carbonyl (C=O) groups excluding carboxylic acids is 1. The van der Waals surface area contributed by atoms with Crippen LogP contribution in [0.1, 0.15) is 5.56 Å². The van der Waals surface area contributed by atoms with E-state index in [4.69, 9.17) is 5.26 Å². The molecule has 0 aliphatic heterocycles. The summed E-state index contributed by atoms with van der Waals surface area (Å²) in [6.07, 6.45) is 3.60. The Kier molecular flexibility index (Phi) is 4.19. The predicted octanol–water partition coefficient (Wildman–Crippen LogP) is 3.55. The highest BCUT2D eigenvalue weighted by Gasteiger charge is 2.14. The van der Waals surface area contributed by atoms with Gasteiger partial charge in [-0.1, -0.05) is 30.3 Å². The van der Waals surface area contributed by atoms with Crippen LogP contribution >= 0.6 is 0 Å². The summed E-state index contributed by atoms with van der Waals surface area (Å²) in [7, 11) is 1.80. The quantitative estimate of drug-likeness (QED) is 0.608. The van der Waals surface area contributed by atoms with E-state index in [1.165, 1.54) is 0 Å². The number of amides is 1. The van der Waals surface area contributed by atoms with Crippen molar-refractivity contribution in [1.29, 1.82) is 5.26 Å². The monoisotopic (exact) mass is 355 g/mol. The second kappa shape index (κ2) is 6.81. The molecule has 0 aliphatic rings. The molecule has 0 saturated heterocycles. The number of nitrogens with one attached hydrogen (secondary N) is 1. The van der Waals surface area contributed by atoms with Crippen LogP contribution in [0.5, 0.6) is 0 Å². The van der Waals surface area contributed by atoms with E-state index in [2.05, 4.69) is 16.5 Å². The number of aryl methyl sites for hydroxylation is 1. The van der Waals surface area contributed by atoms with Crippen LogP contribution in [0.3, 0.4) is 0 Å². The number of aromatic nitrogens is 3. The van der Waals surface area contributed by atoms with Gasteiger partial charge in [0.25, 0.3) is 0 Å². The molecule has 0 fully saturated rings. The number of anilines is 1. The SMILES string of the molecule is Cn1ncc(-c2ccccc2)c1NC(=O)Cn1ccc2cc(C#N)ccc21. The lowest BCUT2D eigenvalue weighted by Crippen LogP contribution is -2.20. The molecule has 0 aliphatic carbocycles. The first-order chi connectivity index (χ1) is 13.2. The molecular weight excluding hydrogens is 338 g/mol. The molecule has 6 nitrogen and oxygen atoms in total. The number of hydrogen-bond acceptors (Lipinski definition) is 3. The molecule has 2 aromatic carbocycles. The molecule has 0 spiro atoms. The second-order valence-corrected chi connectivity index (χ2v) is 6.27. The number of fused-ring (bicyclic) bond motifs is 1. The first-order valence-electron chi connectivity index (χ1n) is 8.52. The minimum Gasteiger partial charge on any atom is -0.338 e. The Morgan fingerprint density at radius 3 is 2.78 bits per heavy atom. The van der Waals surface area contributed by atoms with Crippen LogP contribution in [0, 0.1) is 11.3 Å². The zero-order valence-corrected chi connectivity index (χ0v) is 14.8. The van der Waals surface area contributed by atoms with Crippen molar-refractivity contribution in [2.75, 3.05) is 5.32 Å². The number of carbonyl (C=O) groups is 1. The van der Waals surface area contributed by atoms with Gasteiger partial charge in [0.05, 0.1) is 17.8 Å². The average molecular weight is 355 g/mol. The highest BCUT2D eigenvalue weighted by Crippen LogP contribution is 2.27. The van der Waals surface area contributed by atoms with Gasteiger partial charge in [0.1, 0.15) is 12.4 Å². The molecule has 27 heavy (non-hydrogen) atoms. The summed E-state index contributed by atoms with van der Waals surface area (Å²) in [5.74, 6) is 0.520. The van der Waals surface area contributed by atoms with Gasteiger partial charge in [-0.25, -0.2) is 0 Å². The number of benzene rings is 2. The molecular formula is C21H17N5O. The lowest BCUT2D eigenvalue weighted by Gasteiger charge is -2.10. The van der Waals surface area contributed by atoms with E-state index in [0.717, 1.165) is 22.0 Å². The van der Waals surface area contributed by atoms with E-state index < -0.39 is 0 Å². The van der Waals surface area contributed by atoms with Crippen LogP contribution in [-0.4, -0.2) is 20.3 Å². The van der Waals surface area contributed by atoms with Crippen molar-refractivity contribution in [3.05, 3.63) is 72.6 Å². The molecule has 0 atom stereocenters. The Morgan fingerprint density at radius 1 is 1.19 bits per heavy atom. The van der Waals surface area contributed by atoms with Gasteiger partial charge in [0.15, 0.2) is 0 Å². The van der Waals surface area contributed by atoms with Crippen molar-refractivity contribution in [1.82, 2.24) is 14.3 Å². The minimum atomic E-state index is -0.141. The lowest BCUT2D eigenvalue weighted by molar-refractivity contribution is -0.116. The van der Waals surface area contributed by atoms with Crippen LogP contribution in [0.4, 0.5) is 5.82 Å². The Labute approximate surface area is 156 Å². The summed E-state index contributed by atoms with van der Waals surface area (Å²) in [5, 5.41) is 17.2. The normalized spacial score (nSPS) is 10.7. The van der Waals surface area contributed by atoms with E-state index in [9.17, 15) is 4.79 Å². The van der Waals surface area contributed by atoms with Gasteiger partial charge in [-0.05, 0) is 29.8 Å². The predicted molar refractivity (Wildman–Crippen MR) is 104 cm³/mol. The van der Waals surface area contributed by atoms with Gasteiger partial charge in [-0.3, -0.25) is 9.48 Å². The van der Waals surface area contributed by atoms with Gasteiger partial charge in [0.2, 0.25) is 5.91 Å². The zero-order valence-electron chi connectivity index (χ0n) is 14.8. The van der Waals surface area contributed by atoms with E-state index in [1.807, 2.05) is 59.3 Å². The van der Waals surface area contributed by atoms with Gasteiger partial charge in [-0.2, -0.15) is 10.4 Å². The first-order valence-corrected chi connectivity index (χ1v) is 8.52. The van der Waals surface area contributed by atoms with Crippen molar-refractivity contribution < 1.29 is 4.79 Å². The summed E-state index contributed by atoms with van der Waals surface area (Å²) in [4.78, 5) is 12.7. The fourth-order valence-electron chi connectivity index (χ4n) is 3.15. The van der Waals surface area contributed by atoms with Crippen LogP contribution in [0.15, 0.2) is 67.0 Å². The van der Waals surface area contributed by atoms with Gasteiger partial charge in [0, 0.05) is 29.7 Å². The molecule has 0 saturated carbocycles. The summed E-state index contributed by atoms with van der Waals surface area (Å²) < 4.78 is 3.53. The maximum absolute atomic E-state index is 12.7. The van der Waals surface area contributed by atoms with Gasteiger partial charge >= 0.3 is 0 Å². The molecule has 2 aromatic heterocycles. The Bertz CT molecular complexity index is 1160. The second-order valence-electron chi connectivity index (χ2n) is 6.27. The van der Waals surface area contributed by atoms with Crippen molar-refractivity contribution in [2.24, 2.45) is 7.05 Å². The van der Waals surface area contributed by atoms with Gasteiger partial charge < -0.3 is 9.88 Å². The number of nitrogens with zero attached hydrogens (tertiary/aromatic N) is 4. The standard InChI is InChI=1S/C21H17N5O/c1-25-21(18(13-23-25)16-5-3-2-4-6-16)24-20(27)14-26-10-9-17-11-15(12-22)7-8-19(17)26/h2-11,13H,14H2,1H3,(H,24,27). The van der Waals surface area contributed by atoms with E-state index >= 15 is 0 Å². The Morgan fingerprint density at radius 2 is 2.00 bits per heavy atom. The Hall–Kier alpha value is -3.85. The number of rotatable bonds is 4. The zero-order chi connectivity index (χ0) is 18.8. The van der Waals surface area contributed by atoms with Crippen LogP contribution in [0.25, 0.3) is 22.0 Å². The maximum Gasteiger partial charge on any atom is 0.245 e. The van der Waals surface area contributed by atoms with E-state index in [1.54, 1.807) is 24.0 Å². The molecule has 132 valence electrons. The first kappa shape index (κ1) is 16.6. The highest BCUT2D eigenvalue weighted by molar-refractivity contribution is 5.95. The molecule has 0 unspecified atom stereocenters. The van der Waals surface area contributed by atoms with Crippen LogP contribution < -0.4 is 5.32 Å². The van der Waals surface area contributed by atoms with Crippen molar-refractivity contribution >= 4 is 22.6 Å². The smallest absolute Gasteiger partial charge is 0.245 e. The van der Waals surface area contributed by atoms with Crippen molar-refractivity contribution in [2.45, 2.75) is 6.54 Å². The largest absolute Gasteiger partial charge is 0.338 e. The maximum atomic E-state index is 12.7. The lowest BCUT2D eigenvalue weighted by atomic mass is 10.1. The molecule has 4 aromatic rings. The fraction of sp³-hybridized carbons (Fsp3) is 0.0952. The minimum absolute atomic E-state index is 0.141. The molecule has 6 heteroatoms. The summed E-state index contributed by atoms with van der Waals surface area (Å²) >= 11 is 0. The molecule has 1 amide bonds. The third kappa shape index (κ3) is 3.18. The fourth-order valence-corrected chi connectivity index (χ4v) is 3.15. The average Bonchev–Trinajstić information content (AvgIpc) is 3.26. The van der Waals surface area contributed by atoms with Gasteiger partial charge in [-0.15, -0.1) is 0 Å². The molecule has 4 rings (SSSR count). The summed E-state index contributed by atoms with van der Waals surface area (Å²) in [6, 6.07) is 19.3. The molecule has 2 heterocycles. The van der Waals surface area contributed by atoms with E-state index in [-0.39, 0.29) is 12.5 Å². The Balaban J connectivity index is 1.58. The molecule has 0 radical (unpaired) electrons. The topological polar surface area (TPSA) is 75.6 Å². The van der Waals surface area contributed by atoms with Crippen LogP contribution in [-0.2, 0) is 18.4 Å². The molecule has 1 N–H and O–H groups in total. The third-order valence-electron chi connectivity index (χ3n) is 4.50.